The van der Waals surface area contributed by atoms with Crippen LogP contribution in [0.5, 0.6) is 11.5 Å². The maximum Gasteiger partial charge on any atom is 0.234 e. The lowest BCUT2D eigenvalue weighted by Crippen LogP contribution is -2.37. The summed E-state index contributed by atoms with van der Waals surface area (Å²) in [4.78, 5) is 14.7. The molecule has 28 heavy (non-hydrogen) atoms. The lowest BCUT2D eigenvalue weighted by Gasteiger charge is -2.24. The minimum Gasteiger partial charge on any atom is -0.493 e. The van der Waals surface area contributed by atoms with E-state index in [4.69, 9.17) is 21.1 Å². The molecule has 5 nitrogen and oxygen atoms in total. The number of benzene rings is 2. The van der Waals surface area contributed by atoms with Crippen LogP contribution >= 0.6 is 11.6 Å². The molecule has 1 aliphatic heterocycles. The first-order valence-electron chi connectivity index (χ1n) is 9.58. The van der Waals surface area contributed by atoms with Crippen molar-refractivity contribution in [2.45, 2.75) is 25.3 Å². The lowest BCUT2D eigenvalue weighted by molar-refractivity contribution is -0.122. The van der Waals surface area contributed by atoms with E-state index in [1.54, 1.807) is 14.2 Å². The van der Waals surface area contributed by atoms with E-state index in [0.717, 1.165) is 36.4 Å². The summed E-state index contributed by atoms with van der Waals surface area (Å²) >= 11 is 6.13. The summed E-state index contributed by atoms with van der Waals surface area (Å²) in [5.41, 5.74) is 2.28. The standard InChI is InChI=1S/C22H27ClN2O3/c1-27-20-9-8-16(13-21(20)28-2)10-11-24-22(26)15-25-12-4-7-19(25)17-5-3-6-18(23)14-17/h3,5-6,8-9,13-14,19H,4,7,10-12,15H2,1-2H3,(H,24,26). The highest BCUT2D eigenvalue weighted by molar-refractivity contribution is 6.30. The van der Waals surface area contributed by atoms with Gasteiger partial charge in [0.25, 0.3) is 0 Å². The van der Waals surface area contributed by atoms with Gasteiger partial charge in [-0.3, -0.25) is 9.69 Å². The van der Waals surface area contributed by atoms with Gasteiger partial charge in [-0.2, -0.15) is 0 Å². The second kappa shape index (κ2) is 9.80. The van der Waals surface area contributed by atoms with Gasteiger partial charge in [0.15, 0.2) is 11.5 Å². The van der Waals surface area contributed by atoms with Crippen LogP contribution in [0.3, 0.4) is 0 Å². The van der Waals surface area contributed by atoms with Crippen molar-refractivity contribution >= 4 is 17.5 Å². The Labute approximate surface area is 171 Å². The third-order valence-electron chi connectivity index (χ3n) is 5.13. The Kier molecular flexibility index (Phi) is 7.18. The number of carbonyl (C=O) groups excluding carboxylic acids is 1. The number of ether oxygens (including phenoxy) is 2. The van der Waals surface area contributed by atoms with Crippen molar-refractivity contribution in [3.05, 3.63) is 58.6 Å². The second-order valence-electron chi connectivity index (χ2n) is 6.97. The van der Waals surface area contributed by atoms with Gasteiger partial charge in [0, 0.05) is 17.6 Å². The van der Waals surface area contributed by atoms with Gasteiger partial charge in [0.05, 0.1) is 20.8 Å². The predicted octanol–water partition coefficient (Wildman–Crippen LogP) is 3.85. The molecule has 0 aromatic heterocycles. The molecular formula is C22H27ClN2O3. The Bertz CT molecular complexity index is 812. The Balaban J connectivity index is 1.50. The zero-order chi connectivity index (χ0) is 19.9. The number of amides is 1. The van der Waals surface area contributed by atoms with Gasteiger partial charge < -0.3 is 14.8 Å². The minimum absolute atomic E-state index is 0.0504. The number of hydrogen-bond acceptors (Lipinski definition) is 4. The SMILES string of the molecule is COc1ccc(CCNC(=O)CN2CCCC2c2cccc(Cl)c2)cc1OC. The largest absolute Gasteiger partial charge is 0.493 e. The first-order chi connectivity index (χ1) is 13.6. The second-order valence-corrected chi connectivity index (χ2v) is 7.41. The minimum atomic E-state index is 0.0504. The van der Waals surface area contributed by atoms with Crippen molar-refractivity contribution in [3.8, 4) is 11.5 Å². The van der Waals surface area contributed by atoms with Crippen molar-refractivity contribution < 1.29 is 14.3 Å². The number of hydrogen-bond donors (Lipinski definition) is 1. The number of carbonyl (C=O) groups is 1. The van der Waals surface area contributed by atoms with E-state index in [0.29, 0.717) is 24.6 Å². The molecule has 1 atom stereocenters. The highest BCUT2D eigenvalue weighted by atomic mass is 35.5. The summed E-state index contributed by atoms with van der Waals surface area (Å²) in [6, 6.07) is 14.0. The highest BCUT2D eigenvalue weighted by Crippen LogP contribution is 2.32. The van der Waals surface area contributed by atoms with Crippen LogP contribution in [0.1, 0.15) is 30.0 Å². The molecule has 1 unspecified atom stereocenters. The lowest BCUT2D eigenvalue weighted by atomic mass is 10.0. The van der Waals surface area contributed by atoms with Crippen LogP contribution in [0.4, 0.5) is 0 Å². The molecule has 1 amide bonds. The normalized spacial score (nSPS) is 16.8. The Morgan fingerprint density at radius 3 is 2.75 bits per heavy atom. The molecule has 0 aliphatic carbocycles. The van der Waals surface area contributed by atoms with Crippen molar-refractivity contribution in [2.24, 2.45) is 0 Å². The molecule has 0 bridgehead atoms. The molecule has 1 saturated heterocycles. The van der Waals surface area contributed by atoms with Crippen LogP contribution in [0.25, 0.3) is 0 Å². The molecule has 0 spiro atoms. The summed E-state index contributed by atoms with van der Waals surface area (Å²) in [6.45, 7) is 1.92. The number of methoxy groups -OCH3 is 2. The van der Waals surface area contributed by atoms with Crippen LogP contribution in [-0.4, -0.2) is 44.7 Å². The van der Waals surface area contributed by atoms with Gasteiger partial charge in [0.1, 0.15) is 0 Å². The number of halogens is 1. The molecule has 1 N–H and O–H groups in total. The fourth-order valence-electron chi connectivity index (χ4n) is 3.73. The van der Waals surface area contributed by atoms with E-state index in [2.05, 4.69) is 16.3 Å². The third-order valence-corrected chi connectivity index (χ3v) is 5.36. The van der Waals surface area contributed by atoms with Crippen LogP contribution in [0.2, 0.25) is 5.02 Å². The van der Waals surface area contributed by atoms with E-state index in [-0.39, 0.29) is 11.9 Å². The fraction of sp³-hybridized carbons (Fsp3) is 0.409. The van der Waals surface area contributed by atoms with E-state index in [1.807, 2.05) is 36.4 Å². The highest BCUT2D eigenvalue weighted by Gasteiger charge is 2.27. The van der Waals surface area contributed by atoms with Crippen molar-refractivity contribution in [3.63, 3.8) is 0 Å². The summed E-state index contributed by atoms with van der Waals surface area (Å²) < 4.78 is 10.6. The smallest absolute Gasteiger partial charge is 0.234 e. The molecule has 6 heteroatoms. The van der Waals surface area contributed by atoms with Gasteiger partial charge in [-0.15, -0.1) is 0 Å². The fourth-order valence-corrected chi connectivity index (χ4v) is 3.93. The molecule has 0 saturated carbocycles. The molecule has 2 aromatic carbocycles. The van der Waals surface area contributed by atoms with Gasteiger partial charge in [0.2, 0.25) is 5.91 Å². The molecule has 2 aromatic rings. The molecular weight excluding hydrogens is 376 g/mol. The van der Waals surface area contributed by atoms with Gasteiger partial charge >= 0.3 is 0 Å². The number of nitrogens with one attached hydrogen (secondary N) is 1. The van der Waals surface area contributed by atoms with Gasteiger partial charge in [-0.25, -0.2) is 0 Å². The number of nitrogens with zero attached hydrogens (tertiary/aromatic N) is 1. The first kappa shape index (κ1) is 20.5. The van der Waals surface area contributed by atoms with Crippen LogP contribution in [0.15, 0.2) is 42.5 Å². The zero-order valence-electron chi connectivity index (χ0n) is 16.4. The monoisotopic (exact) mass is 402 g/mol. The maximum absolute atomic E-state index is 12.4. The van der Waals surface area contributed by atoms with E-state index < -0.39 is 0 Å². The van der Waals surface area contributed by atoms with Crippen molar-refractivity contribution in [2.75, 3.05) is 33.9 Å². The molecule has 3 rings (SSSR count). The average molecular weight is 403 g/mol. The van der Waals surface area contributed by atoms with Gasteiger partial charge in [-0.1, -0.05) is 29.8 Å². The molecule has 150 valence electrons. The maximum atomic E-state index is 12.4. The quantitative estimate of drug-likeness (QED) is 0.728. The number of rotatable bonds is 8. The first-order valence-corrected chi connectivity index (χ1v) is 9.95. The Morgan fingerprint density at radius 1 is 1.18 bits per heavy atom. The van der Waals surface area contributed by atoms with Crippen LogP contribution in [0, 0.1) is 0 Å². The van der Waals surface area contributed by atoms with Crippen molar-refractivity contribution in [1.29, 1.82) is 0 Å². The zero-order valence-corrected chi connectivity index (χ0v) is 17.2. The van der Waals surface area contributed by atoms with E-state index >= 15 is 0 Å². The third kappa shape index (κ3) is 5.18. The van der Waals surface area contributed by atoms with E-state index in [1.165, 1.54) is 5.56 Å². The summed E-state index contributed by atoms with van der Waals surface area (Å²) in [5.74, 6) is 1.46. The Morgan fingerprint density at radius 2 is 2.00 bits per heavy atom. The molecule has 0 radical (unpaired) electrons. The summed E-state index contributed by atoms with van der Waals surface area (Å²) in [5, 5.41) is 3.77. The van der Waals surface area contributed by atoms with Crippen molar-refractivity contribution in [1.82, 2.24) is 10.2 Å². The summed E-state index contributed by atoms with van der Waals surface area (Å²) in [6.07, 6.45) is 2.89. The average Bonchev–Trinajstić information content (AvgIpc) is 3.15. The molecule has 1 fully saturated rings. The van der Waals surface area contributed by atoms with Crippen LogP contribution in [-0.2, 0) is 11.2 Å². The van der Waals surface area contributed by atoms with Crippen LogP contribution < -0.4 is 14.8 Å². The van der Waals surface area contributed by atoms with E-state index in [9.17, 15) is 4.79 Å². The van der Waals surface area contributed by atoms with Gasteiger partial charge in [-0.05, 0) is 61.2 Å². The summed E-state index contributed by atoms with van der Waals surface area (Å²) in [7, 11) is 3.24. The molecule has 1 heterocycles. The molecule has 1 aliphatic rings. The number of likely N-dealkylation sites (tertiary alicyclic amines) is 1. The Hall–Kier alpha value is -2.24. The topological polar surface area (TPSA) is 50.8 Å². The predicted molar refractivity (Wildman–Crippen MR) is 111 cm³/mol.